The summed E-state index contributed by atoms with van der Waals surface area (Å²) in [5.74, 6) is 0. The average Bonchev–Trinajstić information content (AvgIpc) is 4.02. The van der Waals surface area contributed by atoms with Crippen LogP contribution in [-0.2, 0) is 10.8 Å². The van der Waals surface area contributed by atoms with Crippen LogP contribution in [0.25, 0.3) is 66.8 Å². The fourth-order valence-corrected chi connectivity index (χ4v) is 11.6. The van der Waals surface area contributed by atoms with Crippen molar-refractivity contribution in [2.45, 2.75) is 50.4 Å². The third-order valence-corrected chi connectivity index (χ3v) is 14.7. The number of hydrogen-bond acceptors (Lipinski definition) is 1. The topological polar surface area (TPSA) is 3.24 Å². The highest BCUT2D eigenvalue weighted by Crippen LogP contribution is 2.58. The maximum Gasteiger partial charge on any atom is 0.0465 e. The van der Waals surface area contributed by atoms with Crippen molar-refractivity contribution in [3.8, 4) is 66.8 Å². The standard InChI is InChI=1S/C62H49N/c1-61(2)57-19-8-6-16-54(57)56-18-12-17-52(60(56)61)48-31-35-50(36-32-48)63(51-37-38-55-53-15-7-9-20-58(53)62(59(55)41-51)39-10-11-40-62)49-33-29-47(30-34-49)46-27-25-45(26-28-46)44-23-21-43(22-24-44)42-13-4-3-5-14-42/h3-9,12-38,41H,10-11,39-40H2,1-2H3. The van der Waals surface area contributed by atoms with Crippen molar-refractivity contribution in [3.63, 3.8) is 0 Å². The number of nitrogens with zero attached hydrogens (tertiary/aromatic N) is 1. The van der Waals surface area contributed by atoms with Gasteiger partial charge in [0.2, 0.25) is 0 Å². The van der Waals surface area contributed by atoms with Crippen molar-refractivity contribution in [1.29, 1.82) is 0 Å². The summed E-state index contributed by atoms with van der Waals surface area (Å²) in [6.07, 6.45) is 4.97. The molecule has 3 aliphatic rings. The van der Waals surface area contributed by atoms with E-state index >= 15 is 0 Å². The molecule has 1 saturated carbocycles. The Morgan fingerprint density at radius 1 is 0.317 bits per heavy atom. The summed E-state index contributed by atoms with van der Waals surface area (Å²) in [6, 6.07) is 79.2. The highest BCUT2D eigenvalue weighted by Gasteiger charge is 2.45. The van der Waals surface area contributed by atoms with Crippen molar-refractivity contribution in [3.05, 3.63) is 235 Å². The van der Waals surface area contributed by atoms with Gasteiger partial charge in [0.15, 0.2) is 0 Å². The summed E-state index contributed by atoms with van der Waals surface area (Å²) in [4.78, 5) is 2.47. The lowest BCUT2D eigenvalue weighted by molar-refractivity contribution is 0.550. The van der Waals surface area contributed by atoms with Crippen LogP contribution in [0.5, 0.6) is 0 Å². The molecule has 0 aromatic heterocycles. The van der Waals surface area contributed by atoms with Gasteiger partial charge in [0.25, 0.3) is 0 Å². The van der Waals surface area contributed by atoms with Gasteiger partial charge in [-0.05, 0) is 138 Å². The molecule has 12 rings (SSSR count). The van der Waals surface area contributed by atoms with Gasteiger partial charge >= 0.3 is 0 Å². The fraction of sp³-hybridized carbons (Fsp3) is 0.129. The second kappa shape index (κ2) is 14.7. The SMILES string of the molecule is CC1(C)c2ccccc2-c2cccc(-c3ccc(N(c4ccc(-c5ccc(-c6ccc(-c7ccccc7)cc6)cc5)cc4)c4ccc5c(c4)C4(CCCC4)c4ccccc4-5)cc3)c21. The van der Waals surface area contributed by atoms with E-state index in [1.807, 2.05) is 0 Å². The first kappa shape index (κ1) is 37.5. The van der Waals surface area contributed by atoms with E-state index in [4.69, 9.17) is 0 Å². The zero-order chi connectivity index (χ0) is 42.1. The zero-order valence-electron chi connectivity index (χ0n) is 36.0. The fourth-order valence-electron chi connectivity index (χ4n) is 11.6. The van der Waals surface area contributed by atoms with E-state index in [1.54, 1.807) is 0 Å². The van der Waals surface area contributed by atoms with Gasteiger partial charge in [-0.25, -0.2) is 0 Å². The van der Waals surface area contributed by atoms with E-state index in [0.29, 0.717) is 0 Å². The van der Waals surface area contributed by atoms with Crippen LogP contribution in [0.1, 0.15) is 61.8 Å². The molecule has 0 bridgehead atoms. The molecule has 0 N–H and O–H groups in total. The van der Waals surface area contributed by atoms with Gasteiger partial charge < -0.3 is 4.90 Å². The van der Waals surface area contributed by atoms with Crippen LogP contribution < -0.4 is 4.90 Å². The average molecular weight is 808 g/mol. The van der Waals surface area contributed by atoms with Gasteiger partial charge in [-0.3, -0.25) is 0 Å². The third-order valence-electron chi connectivity index (χ3n) is 14.7. The normalized spacial score (nSPS) is 14.8. The van der Waals surface area contributed by atoms with Gasteiger partial charge in [0.1, 0.15) is 0 Å². The highest BCUT2D eigenvalue weighted by molar-refractivity contribution is 5.90. The van der Waals surface area contributed by atoms with Crippen molar-refractivity contribution in [2.24, 2.45) is 0 Å². The van der Waals surface area contributed by atoms with Crippen molar-refractivity contribution >= 4 is 17.1 Å². The van der Waals surface area contributed by atoms with Gasteiger partial charge in [-0.1, -0.05) is 203 Å². The van der Waals surface area contributed by atoms with Crippen molar-refractivity contribution < 1.29 is 0 Å². The lowest BCUT2D eigenvalue weighted by Gasteiger charge is -2.30. The summed E-state index contributed by atoms with van der Waals surface area (Å²) in [7, 11) is 0. The molecule has 9 aromatic rings. The smallest absolute Gasteiger partial charge is 0.0465 e. The molecule has 63 heavy (non-hydrogen) atoms. The Hall–Kier alpha value is -7.22. The molecule has 1 fully saturated rings. The Balaban J connectivity index is 0.907. The number of hydrogen-bond donors (Lipinski definition) is 0. The van der Waals surface area contributed by atoms with Crippen LogP contribution in [0.2, 0.25) is 0 Å². The Kier molecular flexibility index (Phi) is 8.76. The summed E-state index contributed by atoms with van der Waals surface area (Å²) in [5, 5.41) is 0. The molecule has 1 spiro atoms. The first-order chi connectivity index (χ1) is 31.0. The molecule has 0 saturated heterocycles. The predicted molar refractivity (Wildman–Crippen MR) is 265 cm³/mol. The maximum atomic E-state index is 2.53. The monoisotopic (exact) mass is 807 g/mol. The molecule has 9 aromatic carbocycles. The minimum atomic E-state index is -0.0817. The zero-order valence-corrected chi connectivity index (χ0v) is 36.0. The minimum absolute atomic E-state index is 0.0817. The molecule has 302 valence electrons. The van der Waals surface area contributed by atoms with E-state index in [2.05, 4.69) is 231 Å². The molecule has 0 radical (unpaired) electrons. The Morgan fingerprint density at radius 3 is 1.32 bits per heavy atom. The number of anilines is 3. The molecule has 0 unspecified atom stereocenters. The first-order valence-electron chi connectivity index (χ1n) is 22.7. The Morgan fingerprint density at radius 2 is 0.730 bits per heavy atom. The number of fused-ring (bicyclic) bond motifs is 8. The Labute approximate surface area is 372 Å². The maximum absolute atomic E-state index is 2.53. The first-order valence-corrected chi connectivity index (χ1v) is 22.7. The molecular weight excluding hydrogens is 759 g/mol. The van der Waals surface area contributed by atoms with Crippen molar-refractivity contribution in [1.82, 2.24) is 0 Å². The van der Waals surface area contributed by atoms with Crippen molar-refractivity contribution in [2.75, 3.05) is 4.90 Å². The van der Waals surface area contributed by atoms with Crippen LogP contribution in [0, 0.1) is 0 Å². The molecule has 1 heteroatoms. The second-order valence-electron chi connectivity index (χ2n) is 18.4. The predicted octanol–water partition coefficient (Wildman–Crippen LogP) is 17.0. The van der Waals surface area contributed by atoms with E-state index < -0.39 is 0 Å². The van der Waals surface area contributed by atoms with Gasteiger partial charge in [-0.2, -0.15) is 0 Å². The summed E-state index contributed by atoms with van der Waals surface area (Å²) in [5.41, 5.74) is 24.8. The van der Waals surface area contributed by atoms with E-state index in [9.17, 15) is 0 Å². The number of rotatable bonds is 7. The van der Waals surface area contributed by atoms with Crippen LogP contribution in [0.3, 0.4) is 0 Å². The second-order valence-corrected chi connectivity index (χ2v) is 18.4. The molecule has 0 atom stereocenters. The minimum Gasteiger partial charge on any atom is -0.310 e. The van der Waals surface area contributed by atoms with Gasteiger partial charge in [0, 0.05) is 27.9 Å². The van der Waals surface area contributed by atoms with E-state index in [1.165, 1.54) is 120 Å². The van der Waals surface area contributed by atoms with E-state index in [0.717, 1.165) is 11.4 Å². The van der Waals surface area contributed by atoms with Crippen LogP contribution in [0.4, 0.5) is 17.1 Å². The van der Waals surface area contributed by atoms with Gasteiger partial charge in [0.05, 0.1) is 0 Å². The Bertz CT molecular complexity index is 3150. The molecule has 1 nitrogen and oxygen atoms in total. The van der Waals surface area contributed by atoms with E-state index in [-0.39, 0.29) is 10.8 Å². The molecule has 0 amide bonds. The number of benzene rings is 9. The van der Waals surface area contributed by atoms with Crippen LogP contribution in [0.15, 0.2) is 212 Å². The summed E-state index contributed by atoms with van der Waals surface area (Å²) in [6.45, 7) is 4.76. The largest absolute Gasteiger partial charge is 0.310 e. The van der Waals surface area contributed by atoms with Gasteiger partial charge in [-0.15, -0.1) is 0 Å². The quantitative estimate of drug-likeness (QED) is 0.155. The molecule has 3 aliphatic carbocycles. The van der Waals surface area contributed by atoms with Crippen LogP contribution >= 0.6 is 0 Å². The lowest BCUT2D eigenvalue weighted by atomic mass is 9.76. The summed E-state index contributed by atoms with van der Waals surface area (Å²) >= 11 is 0. The molecular formula is C62H49N. The molecule has 0 heterocycles. The summed E-state index contributed by atoms with van der Waals surface area (Å²) < 4.78 is 0. The van der Waals surface area contributed by atoms with Crippen LogP contribution in [-0.4, -0.2) is 0 Å². The highest BCUT2D eigenvalue weighted by atomic mass is 15.1. The third kappa shape index (κ3) is 6.05. The molecule has 0 aliphatic heterocycles. The lowest BCUT2D eigenvalue weighted by Crippen LogP contribution is -2.21.